The zero-order chi connectivity index (χ0) is 57.2. The summed E-state index contributed by atoms with van der Waals surface area (Å²) < 4.78 is 0. The monoisotopic (exact) mass is 1050 g/mol. The number of benzene rings is 3. The molecule has 0 aliphatic carbocycles. The van der Waals surface area contributed by atoms with Crippen LogP contribution in [-0.2, 0) is 38.4 Å². The number of rotatable bonds is 23. The molecule has 25 heteroatoms. The van der Waals surface area contributed by atoms with Crippen LogP contribution in [0.3, 0.4) is 0 Å². The van der Waals surface area contributed by atoms with E-state index >= 15 is 0 Å². The molecule has 0 aliphatic heterocycles. The van der Waals surface area contributed by atoms with Crippen LogP contribution >= 0.6 is 0 Å². The molecule has 0 aliphatic rings. The van der Waals surface area contributed by atoms with Gasteiger partial charge in [0.2, 0.25) is 47.3 Å². The Morgan fingerprint density at radius 1 is 0.360 bits per heavy atom. The molecule has 12 N–H and O–H groups in total. The maximum Gasteiger partial charge on any atom is 0.407 e. The van der Waals surface area contributed by atoms with Crippen LogP contribution in [0.2, 0.25) is 0 Å². The van der Waals surface area contributed by atoms with Crippen LogP contribution in [-0.4, -0.2) is 123 Å². The molecule has 0 heterocycles. The normalized spacial score (nSPS) is 9.76. The third-order valence-electron chi connectivity index (χ3n) is 9.62. The first-order valence-corrected chi connectivity index (χ1v) is 23.9. The van der Waals surface area contributed by atoms with Gasteiger partial charge in [-0.05, 0) is 54.6 Å². The molecular weight excluding hydrogens is 983 g/mol. The number of hydrogen-bond donors (Lipinski definition) is 12. The first-order valence-electron chi connectivity index (χ1n) is 23.9. The van der Waals surface area contributed by atoms with E-state index in [9.17, 15) is 57.5 Å². The van der Waals surface area contributed by atoms with Crippen LogP contribution in [0.15, 0.2) is 54.6 Å². The minimum atomic E-state index is -1.17. The van der Waals surface area contributed by atoms with Crippen LogP contribution in [0.1, 0.15) is 138 Å². The minimum Gasteiger partial charge on any atom is -0.478 e. The van der Waals surface area contributed by atoms with Crippen LogP contribution in [0.5, 0.6) is 0 Å². The second-order valence-corrected chi connectivity index (χ2v) is 15.3. The van der Waals surface area contributed by atoms with Crippen molar-refractivity contribution in [1.82, 2.24) is 15.5 Å². The van der Waals surface area contributed by atoms with Crippen molar-refractivity contribution in [3.05, 3.63) is 71.3 Å². The average molecular weight is 1050 g/mol. The fourth-order valence-electron chi connectivity index (χ4n) is 5.37. The predicted octanol–water partition coefficient (Wildman–Crippen LogP) is 6.26. The van der Waals surface area contributed by atoms with Crippen molar-refractivity contribution >= 4 is 105 Å². The zero-order valence-electron chi connectivity index (χ0n) is 43.3. The van der Waals surface area contributed by atoms with Gasteiger partial charge in [0, 0.05) is 94.6 Å². The molecule has 75 heavy (non-hydrogen) atoms. The number of carbonyl (C=O) groups is 12. The number of carboxylic acids is 3. The summed E-state index contributed by atoms with van der Waals surface area (Å²) in [5.74, 6) is -5.01. The van der Waals surface area contributed by atoms with Crippen LogP contribution in [0, 0.1) is 0 Å². The first-order chi connectivity index (χ1) is 35.4. The lowest BCUT2D eigenvalue weighted by Gasteiger charge is -2.19. The van der Waals surface area contributed by atoms with E-state index in [-0.39, 0.29) is 127 Å². The van der Waals surface area contributed by atoms with Crippen molar-refractivity contribution < 1.29 is 78.0 Å². The zero-order valence-corrected chi connectivity index (χ0v) is 43.3. The Hall–Kier alpha value is -8.90. The Morgan fingerprint density at radius 3 is 1.09 bits per heavy atom. The third-order valence-corrected chi connectivity index (χ3v) is 9.62. The SMILES string of the molecule is CCC(=O)NCCN(CCNC(=O)CC)C(=O)O.CCC(=O)Nc1cc(NC(=O)CC)cc(C(=O)O)c1.CCC(=O)Nc1ccc(C(=O)O)cc1NC(=O)CC.CCC(=O)Nc1ccc(NC(=O)CC)c(C(=O)O)c1. The molecule has 0 saturated carbocycles. The smallest absolute Gasteiger partial charge is 0.407 e. The fraction of sp³-hybridized carbons (Fsp3) is 0.400. The highest BCUT2D eigenvalue weighted by molar-refractivity contribution is 6.03. The summed E-state index contributed by atoms with van der Waals surface area (Å²) in [6.45, 7) is 14.6. The van der Waals surface area contributed by atoms with E-state index in [1.807, 2.05) is 0 Å². The predicted molar refractivity (Wildman–Crippen MR) is 280 cm³/mol. The number of amides is 9. The molecule has 3 aromatic carbocycles. The standard InChI is InChI=1S/3C13H16N2O4.C11H21N3O4/c1-3-11(16)14-9-5-8(13(18)19)6-10(7-9)15-12(17)4-2;1-3-11(16)14-8-5-6-10(15-12(17)4-2)9(7-8)13(18)19;1-3-11(16)14-9-6-5-8(13(18)19)7-10(9)15-12(17)4-2;1-3-9(15)12-5-7-14(11(17)18)8-6-13-10(16)4-2/h3*5-7H,3-4H2,1-2H3,(H,14,16)(H,15,17)(H,18,19);3-8H2,1-2H3,(H,12,15)(H,13,16)(H,17,18). The van der Waals surface area contributed by atoms with E-state index in [2.05, 4.69) is 42.5 Å². The van der Waals surface area contributed by atoms with E-state index in [4.69, 9.17) is 20.4 Å². The molecule has 3 aromatic rings. The van der Waals surface area contributed by atoms with Crippen molar-refractivity contribution in [2.24, 2.45) is 0 Å². The average Bonchev–Trinajstić information content (AvgIpc) is 3.38. The lowest BCUT2D eigenvalue weighted by Crippen LogP contribution is -2.41. The third kappa shape index (κ3) is 27.5. The molecule has 0 saturated heterocycles. The molecule has 410 valence electrons. The van der Waals surface area contributed by atoms with Crippen molar-refractivity contribution in [1.29, 1.82) is 0 Å². The van der Waals surface area contributed by atoms with Crippen LogP contribution < -0.4 is 42.5 Å². The molecule has 0 spiro atoms. The van der Waals surface area contributed by atoms with Gasteiger partial charge >= 0.3 is 24.0 Å². The van der Waals surface area contributed by atoms with Crippen molar-refractivity contribution in [2.75, 3.05) is 58.1 Å². The minimum absolute atomic E-state index is 0.000283. The van der Waals surface area contributed by atoms with Gasteiger partial charge in [-0.1, -0.05) is 55.4 Å². The molecule has 3 rings (SSSR count). The topological polar surface area (TPSA) is 385 Å². The van der Waals surface area contributed by atoms with E-state index in [0.29, 0.717) is 48.4 Å². The summed E-state index contributed by atoms with van der Waals surface area (Å²) >= 11 is 0. The Kier molecular flexibility index (Phi) is 31.8. The summed E-state index contributed by atoms with van der Waals surface area (Å²) in [6, 6.07) is 12.7. The van der Waals surface area contributed by atoms with E-state index in [0.717, 1.165) is 4.90 Å². The summed E-state index contributed by atoms with van der Waals surface area (Å²) in [7, 11) is 0. The molecule has 25 nitrogen and oxygen atoms in total. The van der Waals surface area contributed by atoms with Gasteiger partial charge in [0.15, 0.2) is 0 Å². The van der Waals surface area contributed by atoms with Gasteiger partial charge in [-0.25, -0.2) is 19.2 Å². The largest absolute Gasteiger partial charge is 0.478 e. The fourth-order valence-corrected chi connectivity index (χ4v) is 5.37. The molecule has 9 amide bonds. The lowest BCUT2D eigenvalue weighted by molar-refractivity contribution is -0.121. The summed E-state index contributed by atoms with van der Waals surface area (Å²) in [6.07, 6.45) is 1.37. The van der Waals surface area contributed by atoms with Crippen molar-refractivity contribution in [3.63, 3.8) is 0 Å². The quantitative estimate of drug-likeness (QED) is 0.0498. The van der Waals surface area contributed by atoms with Crippen molar-refractivity contribution in [3.8, 4) is 0 Å². The highest BCUT2D eigenvalue weighted by Crippen LogP contribution is 2.25. The highest BCUT2D eigenvalue weighted by Gasteiger charge is 2.16. The molecule has 0 fully saturated rings. The van der Waals surface area contributed by atoms with Gasteiger partial charge in [-0.15, -0.1) is 0 Å². The number of anilines is 6. The number of hydrogen-bond acceptors (Lipinski definition) is 12. The highest BCUT2D eigenvalue weighted by atomic mass is 16.4. The first kappa shape index (κ1) is 66.1. The number of nitrogens with zero attached hydrogens (tertiary/aromatic N) is 1. The number of carboxylic acid groups (broad SMARTS) is 4. The number of carbonyl (C=O) groups excluding carboxylic acids is 8. The van der Waals surface area contributed by atoms with E-state index in [1.165, 1.54) is 48.5 Å². The number of aromatic carboxylic acids is 3. The maximum absolute atomic E-state index is 11.4. The second kappa shape index (κ2) is 36.1. The van der Waals surface area contributed by atoms with Crippen molar-refractivity contribution in [2.45, 2.75) is 107 Å². The van der Waals surface area contributed by atoms with Gasteiger partial charge in [-0.3, -0.25) is 38.4 Å². The summed E-state index contributed by atoms with van der Waals surface area (Å²) in [5.41, 5.74) is 1.95. The Bertz CT molecular complexity index is 2440. The molecule has 0 bridgehead atoms. The van der Waals surface area contributed by atoms with E-state index in [1.54, 1.807) is 61.5 Å². The van der Waals surface area contributed by atoms with Gasteiger partial charge in [0.25, 0.3) is 0 Å². The number of nitrogens with one attached hydrogen (secondary N) is 8. The maximum atomic E-state index is 11.4. The Balaban J connectivity index is 0.000000974. The second-order valence-electron chi connectivity index (χ2n) is 15.3. The van der Waals surface area contributed by atoms with Crippen LogP contribution in [0.4, 0.5) is 38.9 Å². The van der Waals surface area contributed by atoms with Crippen LogP contribution in [0.25, 0.3) is 0 Å². The van der Waals surface area contributed by atoms with Gasteiger partial charge in [0.05, 0.1) is 33.8 Å². The van der Waals surface area contributed by atoms with Gasteiger partial charge in [0.1, 0.15) is 0 Å². The Morgan fingerprint density at radius 2 is 0.720 bits per heavy atom. The molecule has 0 unspecified atom stereocenters. The Labute approximate surface area is 434 Å². The summed E-state index contributed by atoms with van der Waals surface area (Å²) in [5, 5.41) is 56.5. The molecular formula is C50H69N9O16. The van der Waals surface area contributed by atoms with Gasteiger partial charge in [-0.2, -0.15) is 0 Å². The van der Waals surface area contributed by atoms with E-state index < -0.39 is 24.0 Å². The summed E-state index contributed by atoms with van der Waals surface area (Å²) in [4.78, 5) is 135. The molecule has 0 radical (unpaired) electrons. The molecule has 0 atom stereocenters. The molecule has 0 aromatic heterocycles. The lowest BCUT2D eigenvalue weighted by atomic mass is 10.1. The van der Waals surface area contributed by atoms with Gasteiger partial charge < -0.3 is 67.9 Å².